The van der Waals surface area contributed by atoms with Crippen LogP contribution in [0.25, 0.3) is 0 Å². The number of halogens is 1. The molecule has 0 amide bonds. The maximum absolute atomic E-state index is 5.98. The zero-order valence-electron chi connectivity index (χ0n) is 11.9. The molecule has 0 spiro atoms. The zero-order chi connectivity index (χ0) is 14.5. The van der Waals surface area contributed by atoms with Gasteiger partial charge in [0.25, 0.3) is 0 Å². The van der Waals surface area contributed by atoms with Gasteiger partial charge in [0, 0.05) is 26.2 Å². The van der Waals surface area contributed by atoms with E-state index >= 15 is 0 Å². The standard InChI is InChI=1S/C14H21BrN2O3/c1-3-17(4-5-18-2)12(8-16)10-6-11(15)14-13(7-10)19-9-20-14/h6-7,12H,3-5,8-9,16H2,1-2H3. The third kappa shape index (κ3) is 3.25. The van der Waals surface area contributed by atoms with Gasteiger partial charge in [0.15, 0.2) is 11.5 Å². The molecule has 1 aromatic carbocycles. The third-order valence-electron chi connectivity index (χ3n) is 3.49. The molecule has 1 heterocycles. The fourth-order valence-electron chi connectivity index (χ4n) is 2.42. The molecule has 0 saturated carbocycles. The summed E-state index contributed by atoms with van der Waals surface area (Å²) < 4.78 is 17.0. The SMILES string of the molecule is CCN(CCOC)C(CN)c1cc(Br)c2c(c1)OCO2. The molecule has 112 valence electrons. The van der Waals surface area contributed by atoms with Crippen LogP contribution in [-0.4, -0.2) is 45.0 Å². The molecule has 0 aromatic heterocycles. The summed E-state index contributed by atoms with van der Waals surface area (Å²) in [6, 6.07) is 4.21. The molecule has 20 heavy (non-hydrogen) atoms. The van der Waals surface area contributed by atoms with Gasteiger partial charge in [0.1, 0.15) is 0 Å². The van der Waals surface area contributed by atoms with Crippen molar-refractivity contribution >= 4 is 15.9 Å². The van der Waals surface area contributed by atoms with E-state index in [-0.39, 0.29) is 12.8 Å². The lowest BCUT2D eigenvalue weighted by Gasteiger charge is -2.30. The van der Waals surface area contributed by atoms with E-state index in [2.05, 4.69) is 33.8 Å². The van der Waals surface area contributed by atoms with Gasteiger partial charge in [0.2, 0.25) is 6.79 Å². The molecular formula is C14H21BrN2O3. The second-order valence-electron chi connectivity index (χ2n) is 4.61. The smallest absolute Gasteiger partial charge is 0.231 e. The second-order valence-corrected chi connectivity index (χ2v) is 5.46. The van der Waals surface area contributed by atoms with Crippen molar-refractivity contribution in [3.05, 3.63) is 22.2 Å². The molecule has 0 radical (unpaired) electrons. The van der Waals surface area contributed by atoms with Crippen molar-refractivity contribution in [1.82, 2.24) is 4.90 Å². The first-order valence-electron chi connectivity index (χ1n) is 6.73. The average Bonchev–Trinajstić information content (AvgIpc) is 2.92. The van der Waals surface area contributed by atoms with Crippen molar-refractivity contribution in [3.8, 4) is 11.5 Å². The van der Waals surface area contributed by atoms with Crippen molar-refractivity contribution in [2.45, 2.75) is 13.0 Å². The summed E-state index contributed by atoms with van der Waals surface area (Å²) in [6.07, 6.45) is 0. The lowest BCUT2D eigenvalue weighted by molar-refractivity contribution is 0.125. The highest BCUT2D eigenvalue weighted by molar-refractivity contribution is 9.10. The van der Waals surface area contributed by atoms with Gasteiger partial charge in [-0.3, -0.25) is 4.90 Å². The molecule has 0 fully saturated rings. The Labute approximate surface area is 128 Å². The van der Waals surface area contributed by atoms with Crippen LogP contribution in [0.15, 0.2) is 16.6 Å². The van der Waals surface area contributed by atoms with Crippen molar-refractivity contribution in [2.75, 3.05) is 40.1 Å². The van der Waals surface area contributed by atoms with Crippen molar-refractivity contribution in [3.63, 3.8) is 0 Å². The Kier molecular flexibility index (Phi) is 5.65. The highest BCUT2D eigenvalue weighted by Crippen LogP contribution is 2.41. The Morgan fingerprint density at radius 3 is 2.90 bits per heavy atom. The number of fused-ring (bicyclic) bond motifs is 1. The number of nitrogens with zero attached hydrogens (tertiary/aromatic N) is 1. The maximum Gasteiger partial charge on any atom is 0.231 e. The summed E-state index contributed by atoms with van der Waals surface area (Å²) in [5.41, 5.74) is 7.10. The monoisotopic (exact) mass is 344 g/mol. The van der Waals surface area contributed by atoms with E-state index in [9.17, 15) is 0 Å². The summed E-state index contributed by atoms with van der Waals surface area (Å²) in [5.74, 6) is 1.54. The number of benzene rings is 1. The van der Waals surface area contributed by atoms with Crippen LogP contribution >= 0.6 is 15.9 Å². The first-order chi connectivity index (χ1) is 9.71. The Bertz CT molecular complexity index is 456. The minimum atomic E-state index is 0.140. The Morgan fingerprint density at radius 2 is 2.25 bits per heavy atom. The third-order valence-corrected chi connectivity index (χ3v) is 4.08. The molecule has 1 aliphatic rings. The van der Waals surface area contributed by atoms with Gasteiger partial charge in [-0.1, -0.05) is 6.92 Å². The number of methoxy groups -OCH3 is 1. The van der Waals surface area contributed by atoms with Crippen LogP contribution in [0, 0.1) is 0 Å². The molecule has 0 aliphatic carbocycles. The Balaban J connectivity index is 2.24. The second kappa shape index (κ2) is 7.26. The number of rotatable bonds is 7. The first kappa shape index (κ1) is 15.6. The molecule has 5 nitrogen and oxygen atoms in total. The molecule has 2 N–H and O–H groups in total. The highest BCUT2D eigenvalue weighted by Gasteiger charge is 2.23. The van der Waals surface area contributed by atoms with E-state index in [0.29, 0.717) is 13.2 Å². The molecule has 0 saturated heterocycles. The Hall–Kier alpha value is -0.820. The summed E-state index contributed by atoms with van der Waals surface area (Å²) in [6.45, 7) is 5.39. The van der Waals surface area contributed by atoms with Crippen LogP contribution in [0.1, 0.15) is 18.5 Å². The number of hydrogen-bond acceptors (Lipinski definition) is 5. The predicted molar refractivity (Wildman–Crippen MR) is 81.2 cm³/mol. The summed E-state index contributed by atoms with van der Waals surface area (Å²) in [4.78, 5) is 2.30. The molecule has 1 atom stereocenters. The number of nitrogens with two attached hydrogens (primary N) is 1. The summed E-state index contributed by atoms with van der Waals surface area (Å²) in [5, 5.41) is 0. The quantitative estimate of drug-likeness (QED) is 0.821. The summed E-state index contributed by atoms with van der Waals surface area (Å²) >= 11 is 3.53. The molecule has 1 unspecified atom stereocenters. The van der Waals surface area contributed by atoms with E-state index in [4.69, 9.17) is 19.9 Å². The Morgan fingerprint density at radius 1 is 1.45 bits per heavy atom. The molecule has 2 rings (SSSR count). The lowest BCUT2D eigenvalue weighted by atomic mass is 10.0. The van der Waals surface area contributed by atoms with Gasteiger partial charge in [-0.25, -0.2) is 0 Å². The number of hydrogen-bond donors (Lipinski definition) is 1. The highest BCUT2D eigenvalue weighted by atomic mass is 79.9. The average molecular weight is 345 g/mol. The first-order valence-corrected chi connectivity index (χ1v) is 7.52. The lowest BCUT2D eigenvalue weighted by Crippen LogP contribution is -2.36. The van der Waals surface area contributed by atoms with E-state index < -0.39 is 0 Å². The molecular weight excluding hydrogens is 324 g/mol. The topological polar surface area (TPSA) is 57.0 Å². The zero-order valence-corrected chi connectivity index (χ0v) is 13.5. The molecule has 1 aliphatic heterocycles. The number of ether oxygens (including phenoxy) is 3. The van der Waals surface area contributed by atoms with Crippen molar-refractivity contribution < 1.29 is 14.2 Å². The minimum absolute atomic E-state index is 0.140. The van der Waals surface area contributed by atoms with Crippen LogP contribution in [-0.2, 0) is 4.74 Å². The predicted octanol–water partition coefficient (Wildman–Crippen LogP) is 2.15. The molecule has 0 bridgehead atoms. The van der Waals surface area contributed by atoms with E-state index in [1.165, 1.54) is 0 Å². The van der Waals surface area contributed by atoms with Crippen LogP contribution in [0.2, 0.25) is 0 Å². The van der Waals surface area contributed by atoms with Gasteiger partial charge in [-0.15, -0.1) is 0 Å². The van der Waals surface area contributed by atoms with E-state index in [1.54, 1.807) is 7.11 Å². The molecule has 6 heteroatoms. The van der Waals surface area contributed by atoms with E-state index in [0.717, 1.165) is 34.6 Å². The van der Waals surface area contributed by atoms with Crippen LogP contribution in [0.5, 0.6) is 11.5 Å². The van der Waals surface area contributed by atoms with Crippen molar-refractivity contribution in [1.29, 1.82) is 0 Å². The van der Waals surface area contributed by atoms with Gasteiger partial charge in [-0.05, 0) is 40.2 Å². The van der Waals surface area contributed by atoms with E-state index in [1.807, 2.05) is 6.07 Å². The van der Waals surface area contributed by atoms with Crippen LogP contribution in [0.3, 0.4) is 0 Å². The number of likely N-dealkylation sites (N-methyl/N-ethyl adjacent to an activating group) is 1. The normalized spacial score (nSPS) is 14.8. The fourth-order valence-corrected chi connectivity index (χ4v) is 2.99. The van der Waals surface area contributed by atoms with Gasteiger partial charge >= 0.3 is 0 Å². The van der Waals surface area contributed by atoms with Gasteiger partial charge < -0.3 is 19.9 Å². The largest absolute Gasteiger partial charge is 0.454 e. The maximum atomic E-state index is 5.98. The fraction of sp³-hybridized carbons (Fsp3) is 0.571. The van der Waals surface area contributed by atoms with Gasteiger partial charge in [-0.2, -0.15) is 0 Å². The van der Waals surface area contributed by atoms with Crippen LogP contribution in [0.4, 0.5) is 0 Å². The summed E-state index contributed by atoms with van der Waals surface area (Å²) in [7, 11) is 1.71. The minimum Gasteiger partial charge on any atom is -0.454 e. The van der Waals surface area contributed by atoms with Crippen molar-refractivity contribution in [2.24, 2.45) is 5.73 Å². The molecule has 1 aromatic rings. The van der Waals surface area contributed by atoms with Crippen LogP contribution < -0.4 is 15.2 Å². The van der Waals surface area contributed by atoms with Gasteiger partial charge in [0.05, 0.1) is 11.1 Å².